The molecule has 0 radical (unpaired) electrons. The number of rotatable bonds is 1. The zero-order chi connectivity index (χ0) is 9.26. The number of ether oxygens (including phenoxy) is 1. The summed E-state index contributed by atoms with van der Waals surface area (Å²) in [6, 6.07) is 5.05. The molecule has 0 fully saturated rings. The third-order valence-corrected chi connectivity index (χ3v) is 2.16. The van der Waals surface area contributed by atoms with E-state index in [0.717, 1.165) is 24.2 Å². The predicted octanol–water partition coefficient (Wildman–Crippen LogP) is 1.71. The highest BCUT2D eigenvalue weighted by atomic mass is 16.5. The lowest BCUT2D eigenvalue weighted by molar-refractivity contribution is 0.0696. The normalized spacial score (nSPS) is 14.5. The van der Waals surface area contributed by atoms with Crippen LogP contribution in [0, 0.1) is 0 Å². The second-order valence-corrected chi connectivity index (χ2v) is 3.08. The molecule has 1 aliphatic heterocycles. The van der Waals surface area contributed by atoms with Crippen LogP contribution in [0.5, 0.6) is 5.75 Å². The Morgan fingerprint density at radius 3 is 3.08 bits per heavy atom. The first-order chi connectivity index (χ1) is 6.27. The first-order valence-electron chi connectivity index (χ1n) is 4.26. The van der Waals surface area contributed by atoms with Crippen LogP contribution in [0.15, 0.2) is 18.2 Å². The lowest BCUT2D eigenvalue weighted by Gasteiger charge is -2.16. The van der Waals surface area contributed by atoms with Gasteiger partial charge in [0, 0.05) is 0 Å². The zero-order valence-corrected chi connectivity index (χ0v) is 7.12. The largest absolute Gasteiger partial charge is 0.493 e. The molecule has 0 aromatic heterocycles. The Bertz CT molecular complexity index is 344. The molecule has 0 aliphatic carbocycles. The van der Waals surface area contributed by atoms with Crippen molar-refractivity contribution >= 4 is 5.97 Å². The van der Waals surface area contributed by atoms with E-state index in [1.807, 2.05) is 6.07 Å². The average Bonchev–Trinajstić information content (AvgIpc) is 2.17. The molecule has 0 spiro atoms. The molecule has 1 N–H and O–H groups in total. The molecule has 0 saturated heterocycles. The SMILES string of the molecule is O=C(O)c1ccc2c(c1)OCCC2. The summed E-state index contributed by atoms with van der Waals surface area (Å²) in [5.41, 5.74) is 1.40. The minimum Gasteiger partial charge on any atom is -0.493 e. The van der Waals surface area contributed by atoms with Gasteiger partial charge in [-0.2, -0.15) is 0 Å². The Balaban J connectivity index is 2.40. The topological polar surface area (TPSA) is 46.5 Å². The van der Waals surface area contributed by atoms with Crippen molar-refractivity contribution in [2.24, 2.45) is 0 Å². The molecular formula is C10H10O3. The molecule has 0 unspecified atom stereocenters. The third kappa shape index (κ3) is 1.49. The predicted molar refractivity (Wildman–Crippen MR) is 47.2 cm³/mol. The number of aromatic carboxylic acids is 1. The van der Waals surface area contributed by atoms with E-state index in [-0.39, 0.29) is 0 Å². The lowest BCUT2D eigenvalue weighted by Crippen LogP contribution is -2.09. The van der Waals surface area contributed by atoms with Crippen LogP contribution in [-0.2, 0) is 6.42 Å². The summed E-state index contributed by atoms with van der Waals surface area (Å²) in [7, 11) is 0. The molecular weight excluding hydrogens is 168 g/mol. The van der Waals surface area contributed by atoms with Gasteiger partial charge in [0.15, 0.2) is 0 Å². The van der Waals surface area contributed by atoms with Crippen molar-refractivity contribution in [3.8, 4) is 5.75 Å². The summed E-state index contributed by atoms with van der Waals surface area (Å²) in [6.07, 6.45) is 1.99. The minimum absolute atomic E-state index is 0.292. The smallest absolute Gasteiger partial charge is 0.335 e. The Hall–Kier alpha value is -1.51. The van der Waals surface area contributed by atoms with Crippen molar-refractivity contribution in [3.63, 3.8) is 0 Å². The first kappa shape index (κ1) is 8.10. The van der Waals surface area contributed by atoms with Gasteiger partial charge < -0.3 is 9.84 Å². The molecule has 13 heavy (non-hydrogen) atoms. The number of carboxylic acid groups (broad SMARTS) is 1. The van der Waals surface area contributed by atoms with Crippen molar-refractivity contribution in [3.05, 3.63) is 29.3 Å². The average molecular weight is 178 g/mol. The lowest BCUT2D eigenvalue weighted by atomic mass is 10.0. The van der Waals surface area contributed by atoms with E-state index in [4.69, 9.17) is 9.84 Å². The number of benzene rings is 1. The van der Waals surface area contributed by atoms with E-state index in [2.05, 4.69) is 0 Å². The molecule has 1 aromatic rings. The molecule has 0 amide bonds. The summed E-state index contributed by atoms with van der Waals surface area (Å²) in [5.74, 6) is -0.178. The van der Waals surface area contributed by atoms with Gasteiger partial charge in [-0.3, -0.25) is 0 Å². The summed E-state index contributed by atoms with van der Waals surface area (Å²) >= 11 is 0. The van der Waals surface area contributed by atoms with Gasteiger partial charge in [-0.1, -0.05) is 6.07 Å². The molecule has 0 bridgehead atoms. The fourth-order valence-electron chi connectivity index (χ4n) is 1.47. The van der Waals surface area contributed by atoms with Crippen LogP contribution in [0.4, 0.5) is 0 Å². The van der Waals surface area contributed by atoms with Crippen molar-refractivity contribution in [2.45, 2.75) is 12.8 Å². The standard InChI is InChI=1S/C10H10O3/c11-10(12)8-4-3-7-2-1-5-13-9(7)6-8/h3-4,6H,1-2,5H2,(H,11,12). The van der Waals surface area contributed by atoms with E-state index in [9.17, 15) is 4.79 Å². The Morgan fingerprint density at radius 2 is 2.31 bits per heavy atom. The third-order valence-electron chi connectivity index (χ3n) is 2.16. The molecule has 1 aliphatic rings. The van der Waals surface area contributed by atoms with E-state index < -0.39 is 5.97 Å². The molecule has 68 valence electrons. The van der Waals surface area contributed by atoms with Gasteiger partial charge in [-0.15, -0.1) is 0 Å². The van der Waals surface area contributed by atoms with E-state index >= 15 is 0 Å². The highest BCUT2D eigenvalue weighted by molar-refractivity contribution is 5.88. The maximum Gasteiger partial charge on any atom is 0.335 e. The Morgan fingerprint density at radius 1 is 1.46 bits per heavy atom. The van der Waals surface area contributed by atoms with Gasteiger partial charge in [-0.25, -0.2) is 4.79 Å². The highest BCUT2D eigenvalue weighted by Gasteiger charge is 2.12. The number of hydrogen-bond acceptors (Lipinski definition) is 2. The van der Waals surface area contributed by atoms with Crippen LogP contribution in [0.1, 0.15) is 22.3 Å². The number of fused-ring (bicyclic) bond motifs is 1. The number of aryl methyl sites for hydroxylation is 1. The summed E-state index contributed by atoms with van der Waals surface area (Å²) in [6.45, 7) is 0.691. The fourth-order valence-corrected chi connectivity index (χ4v) is 1.47. The van der Waals surface area contributed by atoms with Crippen molar-refractivity contribution in [1.29, 1.82) is 0 Å². The van der Waals surface area contributed by atoms with Crippen molar-refractivity contribution < 1.29 is 14.6 Å². The molecule has 3 nitrogen and oxygen atoms in total. The quantitative estimate of drug-likeness (QED) is 0.712. The summed E-state index contributed by atoms with van der Waals surface area (Å²) in [4.78, 5) is 10.6. The molecule has 2 rings (SSSR count). The molecule has 0 saturated carbocycles. The van der Waals surface area contributed by atoms with Crippen molar-refractivity contribution in [2.75, 3.05) is 6.61 Å². The second-order valence-electron chi connectivity index (χ2n) is 3.08. The van der Waals surface area contributed by atoms with Crippen LogP contribution in [0.2, 0.25) is 0 Å². The Kier molecular flexibility index (Phi) is 1.93. The summed E-state index contributed by atoms with van der Waals surface area (Å²) in [5, 5.41) is 8.73. The Labute approximate surface area is 76.0 Å². The number of carboxylic acids is 1. The maximum atomic E-state index is 10.6. The monoisotopic (exact) mass is 178 g/mol. The maximum absolute atomic E-state index is 10.6. The van der Waals surface area contributed by atoms with Crippen LogP contribution in [-0.4, -0.2) is 17.7 Å². The van der Waals surface area contributed by atoms with Gasteiger partial charge in [0.1, 0.15) is 5.75 Å². The number of hydrogen-bond donors (Lipinski definition) is 1. The molecule has 1 aromatic carbocycles. The zero-order valence-electron chi connectivity index (χ0n) is 7.12. The van der Waals surface area contributed by atoms with Crippen LogP contribution < -0.4 is 4.74 Å². The highest BCUT2D eigenvalue weighted by Crippen LogP contribution is 2.25. The number of carbonyl (C=O) groups is 1. The van der Waals surface area contributed by atoms with Gasteiger partial charge in [0.05, 0.1) is 12.2 Å². The van der Waals surface area contributed by atoms with Crippen molar-refractivity contribution in [1.82, 2.24) is 0 Å². The minimum atomic E-state index is -0.906. The van der Waals surface area contributed by atoms with Gasteiger partial charge in [-0.05, 0) is 30.5 Å². The molecule has 0 atom stereocenters. The second kappa shape index (κ2) is 3.09. The molecule has 3 heteroatoms. The van der Waals surface area contributed by atoms with Gasteiger partial charge >= 0.3 is 5.97 Å². The fraction of sp³-hybridized carbons (Fsp3) is 0.300. The van der Waals surface area contributed by atoms with Crippen LogP contribution >= 0.6 is 0 Å². The van der Waals surface area contributed by atoms with E-state index in [1.165, 1.54) is 0 Å². The van der Waals surface area contributed by atoms with Crippen LogP contribution in [0.25, 0.3) is 0 Å². The van der Waals surface area contributed by atoms with Crippen LogP contribution in [0.3, 0.4) is 0 Å². The van der Waals surface area contributed by atoms with E-state index in [1.54, 1.807) is 12.1 Å². The first-order valence-corrected chi connectivity index (χ1v) is 4.26. The van der Waals surface area contributed by atoms with Gasteiger partial charge in [0.25, 0.3) is 0 Å². The van der Waals surface area contributed by atoms with Gasteiger partial charge in [0.2, 0.25) is 0 Å². The molecule has 1 heterocycles. The summed E-state index contributed by atoms with van der Waals surface area (Å²) < 4.78 is 5.35. The van der Waals surface area contributed by atoms with E-state index in [0.29, 0.717) is 12.2 Å².